The van der Waals surface area contributed by atoms with Gasteiger partial charge in [-0.3, -0.25) is 0 Å². The van der Waals surface area contributed by atoms with Gasteiger partial charge < -0.3 is 4.74 Å². The highest BCUT2D eigenvalue weighted by Crippen LogP contribution is 2.32. The molecular formula is C8H3F5N2O. The Hall–Kier alpha value is -1.91. The van der Waals surface area contributed by atoms with Crippen molar-refractivity contribution in [3.05, 3.63) is 23.5 Å². The molecule has 0 aliphatic rings. The van der Waals surface area contributed by atoms with Crippen LogP contribution in [0.4, 0.5) is 22.0 Å². The summed E-state index contributed by atoms with van der Waals surface area (Å²) in [5, 5.41) is 8.35. The van der Waals surface area contributed by atoms with Crippen molar-refractivity contribution in [3.8, 4) is 11.8 Å². The van der Waals surface area contributed by atoms with Gasteiger partial charge in [-0.05, 0) is 0 Å². The van der Waals surface area contributed by atoms with Crippen LogP contribution in [0, 0.1) is 11.3 Å². The number of ether oxygens (including phenoxy) is 1. The molecule has 0 aromatic carbocycles. The first kappa shape index (κ1) is 12.2. The summed E-state index contributed by atoms with van der Waals surface area (Å²) in [6.45, 7) is 0. The Labute approximate surface area is 86.1 Å². The van der Waals surface area contributed by atoms with Crippen molar-refractivity contribution in [2.45, 2.75) is 12.8 Å². The van der Waals surface area contributed by atoms with E-state index in [0.717, 1.165) is 0 Å². The summed E-state index contributed by atoms with van der Waals surface area (Å²) >= 11 is 0. The second-order valence-electron chi connectivity index (χ2n) is 2.57. The topological polar surface area (TPSA) is 45.9 Å². The van der Waals surface area contributed by atoms with Gasteiger partial charge in [-0.1, -0.05) is 0 Å². The molecule has 0 radical (unpaired) electrons. The summed E-state index contributed by atoms with van der Waals surface area (Å²) in [5.41, 5.74) is -1.46. The molecule has 1 rings (SSSR count). The maximum Gasteiger partial charge on any atom is 0.573 e. The molecule has 0 spiro atoms. The Morgan fingerprint density at radius 1 is 1.38 bits per heavy atom. The highest BCUT2D eigenvalue weighted by Gasteiger charge is 2.33. The number of nitrogens with zero attached hydrogens (tertiary/aromatic N) is 2. The molecule has 1 aromatic rings. The van der Waals surface area contributed by atoms with Crippen molar-refractivity contribution in [1.29, 1.82) is 5.26 Å². The average molecular weight is 238 g/mol. The Morgan fingerprint density at radius 3 is 2.44 bits per heavy atom. The van der Waals surface area contributed by atoms with E-state index in [1.807, 2.05) is 0 Å². The summed E-state index contributed by atoms with van der Waals surface area (Å²) < 4.78 is 63.5. The fraction of sp³-hybridized carbons (Fsp3) is 0.250. The van der Waals surface area contributed by atoms with Crippen molar-refractivity contribution < 1.29 is 26.7 Å². The third kappa shape index (κ3) is 3.05. The van der Waals surface area contributed by atoms with Crippen LogP contribution < -0.4 is 4.74 Å². The Balaban J connectivity index is 3.17. The molecule has 16 heavy (non-hydrogen) atoms. The van der Waals surface area contributed by atoms with Crippen LogP contribution in [0.1, 0.15) is 17.7 Å². The molecule has 86 valence electrons. The molecule has 0 fully saturated rings. The van der Waals surface area contributed by atoms with Crippen LogP contribution in [0.15, 0.2) is 12.3 Å². The third-order valence-corrected chi connectivity index (χ3v) is 1.47. The van der Waals surface area contributed by atoms with Crippen LogP contribution in [-0.2, 0) is 0 Å². The zero-order valence-electron chi connectivity index (χ0n) is 7.42. The van der Waals surface area contributed by atoms with Crippen LogP contribution in [0.5, 0.6) is 5.75 Å². The number of halogens is 5. The zero-order chi connectivity index (χ0) is 12.3. The van der Waals surface area contributed by atoms with Crippen molar-refractivity contribution in [1.82, 2.24) is 4.98 Å². The van der Waals surface area contributed by atoms with Gasteiger partial charge in [-0.2, -0.15) is 5.26 Å². The number of hydrogen-bond acceptors (Lipinski definition) is 3. The molecule has 3 nitrogen and oxygen atoms in total. The predicted octanol–water partition coefficient (Wildman–Crippen LogP) is 2.79. The predicted molar refractivity (Wildman–Crippen MR) is 40.6 cm³/mol. The lowest BCUT2D eigenvalue weighted by molar-refractivity contribution is -0.275. The number of aromatic nitrogens is 1. The van der Waals surface area contributed by atoms with Crippen LogP contribution >= 0.6 is 0 Å². The first-order chi connectivity index (χ1) is 7.33. The molecule has 0 aliphatic carbocycles. The minimum atomic E-state index is -5.10. The lowest BCUT2D eigenvalue weighted by Crippen LogP contribution is -2.18. The molecular weight excluding hydrogens is 235 g/mol. The third-order valence-electron chi connectivity index (χ3n) is 1.47. The summed E-state index contributed by atoms with van der Waals surface area (Å²) in [6, 6.07) is 1.92. The SMILES string of the molecule is N#Cc1cc(OC(F)(F)F)c(C(F)F)cn1. The summed E-state index contributed by atoms with van der Waals surface area (Å²) in [6.07, 6.45) is -7.79. The number of pyridine rings is 1. The minimum absolute atomic E-state index is 0.441. The van der Waals surface area contributed by atoms with Crippen molar-refractivity contribution in [2.75, 3.05) is 0 Å². The summed E-state index contributed by atoms with van der Waals surface area (Å²) in [4.78, 5) is 3.22. The van der Waals surface area contributed by atoms with E-state index in [1.54, 1.807) is 0 Å². The maximum absolute atomic E-state index is 12.3. The summed E-state index contributed by atoms with van der Waals surface area (Å²) in [5.74, 6) is -1.12. The van der Waals surface area contributed by atoms with Gasteiger partial charge in [-0.15, -0.1) is 13.2 Å². The Bertz CT molecular complexity index is 423. The van der Waals surface area contributed by atoms with E-state index in [4.69, 9.17) is 5.26 Å². The van der Waals surface area contributed by atoms with Gasteiger partial charge >= 0.3 is 6.36 Å². The van der Waals surface area contributed by atoms with Gasteiger partial charge in [0.05, 0.1) is 5.56 Å². The first-order valence-corrected chi connectivity index (χ1v) is 3.77. The van der Waals surface area contributed by atoms with Crippen molar-refractivity contribution >= 4 is 0 Å². The quantitative estimate of drug-likeness (QED) is 0.744. The van der Waals surface area contributed by atoms with E-state index in [1.165, 1.54) is 6.07 Å². The zero-order valence-corrected chi connectivity index (χ0v) is 7.42. The van der Waals surface area contributed by atoms with Crippen molar-refractivity contribution in [2.24, 2.45) is 0 Å². The first-order valence-electron chi connectivity index (χ1n) is 3.77. The molecule has 0 saturated carbocycles. The van der Waals surface area contributed by atoms with Crippen LogP contribution in [0.3, 0.4) is 0 Å². The van der Waals surface area contributed by atoms with E-state index in [-0.39, 0.29) is 0 Å². The fourth-order valence-electron chi connectivity index (χ4n) is 0.886. The molecule has 0 atom stereocenters. The molecule has 8 heteroatoms. The molecule has 0 amide bonds. The van der Waals surface area contributed by atoms with E-state index >= 15 is 0 Å². The lowest BCUT2D eigenvalue weighted by Gasteiger charge is -2.12. The van der Waals surface area contributed by atoms with Gasteiger partial charge in [0, 0.05) is 12.3 Å². The number of nitriles is 1. The van der Waals surface area contributed by atoms with Gasteiger partial charge in [-0.25, -0.2) is 13.8 Å². The Kier molecular flexibility index (Phi) is 3.27. The van der Waals surface area contributed by atoms with E-state index < -0.39 is 29.8 Å². The highest BCUT2D eigenvalue weighted by atomic mass is 19.4. The van der Waals surface area contributed by atoms with E-state index in [2.05, 4.69) is 9.72 Å². The van der Waals surface area contributed by atoms with Crippen LogP contribution in [0.25, 0.3) is 0 Å². The van der Waals surface area contributed by atoms with Gasteiger partial charge in [0.2, 0.25) is 0 Å². The second kappa shape index (κ2) is 4.30. The van der Waals surface area contributed by atoms with Gasteiger partial charge in [0.25, 0.3) is 6.43 Å². The summed E-state index contributed by atoms with van der Waals surface area (Å²) in [7, 11) is 0. The number of hydrogen-bond donors (Lipinski definition) is 0. The highest BCUT2D eigenvalue weighted by molar-refractivity contribution is 5.38. The maximum atomic E-state index is 12.3. The van der Waals surface area contributed by atoms with Crippen molar-refractivity contribution in [3.63, 3.8) is 0 Å². The smallest absolute Gasteiger partial charge is 0.405 e. The van der Waals surface area contributed by atoms with E-state index in [0.29, 0.717) is 12.3 Å². The molecule has 1 aromatic heterocycles. The minimum Gasteiger partial charge on any atom is -0.405 e. The van der Waals surface area contributed by atoms with Crippen LogP contribution in [0.2, 0.25) is 0 Å². The van der Waals surface area contributed by atoms with Crippen LogP contribution in [-0.4, -0.2) is 11.3 Å². The van der Waals surface area contributed by atoms with Gasteiger partial charge in [0.1, 0.15) is 17.5 Å². The molecule has 0 N–H and O–H groups in total. The second-order valence-corrected chi connectivity index (χ2v) is 2.57. The average Bonchev–Trinajstić information content (AvgIpc) is 2.14. The lowest BCUT2D eigenvalue weighted by atomic mass is 10.2. The van der Waals surface area contributed by atoms with Gasteiger partial charge in [0.15, 0.2) is 0 Å². The normalized spacial score (nSPS) is 11.3. The monoisotopic (exact) mass is 238 g/mol. The molecule has 0 aliphatic heterocycles. The molecule has 0 saturated heterocycles. The molecule has 0 bridgehead atoms. The largest absolute Gasteiger partial charge is 0.573 e. The Morgan fingerprint density at radius 2 is 2.00 bits per heavy atom. The molecule has 1 heterocycles. The number of rotatable bonds is 2. The standard InChI is InChI=1S/C8H3F5N2O/c9-7(10)5-3-15-4(2-14)1-6(5)16-8(11,12)13/h1,3,7H. The number of alkyl halides is 5. The van der Waals surface area contributed by atoms with E-state index in [9.17, 15) is 22.0 Å². The molecule has 0 unspecified atom stereocenters. The fourth-order valence-corrected chi connectivity index (χ4v) is 0.886.